The van der Waals surface area contributed by atoms with Crippen LogP contribution in [-0.4, -0.2) is 63.8 Å². The number of esters is 2. The van der Waals surface area contributed by atoms with Crippen LogP contribution < -0.4 is 9.47 Å². The zero-order valence-electron chi connectivity index (χ0n) is 24.7. The van der Waals surface area contributed by atoms with Crippen LogP contribution in [0.1, 0.15) is 39.5 Å². The molecular formula is C34H42O8. The smallest absolute Gasteiger partial charge is 0.306 e. The van der Waals surface area contributed by atoms with E-state index in [-0.39, 0.29) is 38.4 Å². The molecule has 8 heteroatoms. The maximum absolute atomic E-state index is 12.3. The van der Waals surface area contributed by atoms with E-state index in [4.69, 9.17) is 28.4 Å². The lowest BCUT2D eigenvalue weighted by Gasteiger charge is -2.23. The molecule has 0 spiro atoms. The molecule has 0 amide bonds. The average Bonchev–Trinajstić information content (AvgIpc) is 2.98. The van der Waals surface area contributed by atoms with E-state index in [1.54, 1.807) is 12.2 Å². The minimum atomic E-state index is -0.591. The fourth-order valence-electron chi connectivity index (χ4n) is 4.41. The van der Waals surface area contributed by atoms with Crippen molar-refractivity contribution in [3.05, 3.63) is 73.8 Å². The van der Waals surface area contributed by atoms with Crippen LogP contribution in [0.15, 0.2) is 73.8 Å². The van der Waals surface area contributed by atoms with Gasteiger partial charge in [0.2, 0.25) is 0 Å². The van der Waals surface area contributed by atoms with E-state index in [0.717, 1.165) is 21.5 Å². The van der Waals surface area contributed by atoms with Crippen LogP contribution in [0.25, 0.3) is 21.5 Å². The second-order valence-electron chi connectivity index (χ2n) is 9.75. The summed E-state index contributed by atoms with van der Waals surface area (Å²) in [6, 6.07) is 15.6. The van der Waals surface area contributed by atoms with Crippen molar-refractivity contribution in [2.75, 3.05) is 39.6 Å². The van der Waals surface area contributed by atoms with Gasteiger partial charge < -0.3 is 28.4 Å². The molecule has 0 aliphatic rings. The van der Waals surface area contributed by atoms with Crippen LogP contribution in [0.5, 0.6) is 11.5 Å². The van der Waals surface area contributed by atoms with E-state index in [0.29, 0.717) is 50.4 Å². The van der Waals surface area contributed by atoms with E-state index in [2.05, 4.69) is 13.2 Å². The Kier molecular flexibility index (Phi) is 13.9. The molecule has 2 atom stereocenters. The van der Waals surface area contributed by atoms with Crippen molar-refractivity contribution in [3.63, 3.8) is 0 Å². The third-order valence-corrected chi connectivity index (χ3v) is 6.24. The SMILES string of the molecule is C=CCOCC(COc1c2ccccc2c(OCC(COCC=C)OC(=O)CCC)c2ccccc12)OC(=O)CCC. The Morgan fingerprint density at radius 3 is 1.31 bits per heavy atom. The van der Waals surface area contributed by atoms with Gasteiger partial charge in [-0.25, -0.2) is 0 Å². The summed E-state index contributed by atoms with van der Waals surface area (Å²) in [5.74, 6) is 0.708. The quantitative estimate of drug-likeness (QED) is 0.0643. The molecule has 0 heterocycles. The summed E-state index contributed by atoms with van der Waals surface area (Å²) in [5.41, 5.74) is 0. The topological polar surface area (TPSA) is 89.5 Å². The monoisotopic (exact) mass is 578 g/mol. The van der Waals surface area contributed by atoms with Gasteiger partial charge in [0.15, 0.2) is 12.2 Å². The van der Waals surface area contributed by atoms with Crippen molar-refractivity contribution in [3.8, 4) is 11.5 Å². The van der Waals surface area contributed by atoms with Crippen LogP contribution in [-0.2, 0) is 28.5 Å². The summed E-state index contributed by atoms with van der Waals surface area (Å²) >= 11 is 0. The highest BCUT2D eigenvalue weighted by molar-refractivity contribution is 6.11. The normalized spacial score (nSPS) is 12.4. The highest BCUT2D eigenvalue weighted by Gasteiger charge is 2.22. The Balaban J connectivity index is 1.92. The Hall–Kier alpha value is -3.88. The summed E-state index contributed by atoms with van der Waals surface area (Å²) in [6.45, 7) is 12.5. The van der Waals surface area contributed by atoms with Crippen molar-refractivity contribution in [2.24, 2.45) is 0 Å². The van der Waals surface area contributed by atoms with Gasteiger partial charge >= 0.3 is 11.9 Å². The van der Waals surface area contributed by atoms with Crippen LogP contribution in [0.2, 0.25) is 0 Å². The van der Waals surface area contributed by atoms with Crippen molar-refractivity contribution in [2.45, 2.75) is 51.7 Å². The third-order valence-electron chi connectivity index (χ3n) is 6.24. The molecule has 0 saturated carbocycles. The third kappa shape index (κ3) is 9.60. The van der Waals surface area contributed by atoms with Crippen LogP contribution >= 0.6 is 0 Å². The average molecular weight is 579 g/mol. The van der Waals surface area contributed by atoms with Gasteiger partial charge in [-0.3, -0.25) is 9.59 Å². The molecule has 8 nitrogen and oxygen atoms in total. The zero-order chi connectivity index (χ0) is 30.2. The zero-order valence-corrected chi connectivity index (χ0v) is 24.7. The highest BCUT2D eigenvalue weighted by Crippen LogP contribution is 2.42. The van der Waals surface area contributed by atoms with E-state index in [9.17, 15) is 9.59 Å². The first kappa shape index (κ1) is 32.6. The van der Waals surface area contributed by atoms with Crippen LogP contribution in [0.4, 0.5) is 0 Å². The number of hydrogen-bond donors (Lipinski definition) is 0. The van der Waals surface area contributed by atoms with Gasteiger partial charge in [0, 0.05) is 34.4 Å². The summed E-state index contributed by atoms with van der Waals surface area (Å²) in [6.07, 6.45) is 4.13. The Morgan fingerprint density at radius 1 is 0.643 bits per heavy atom. The maximum Gasteiger partial charge on any atom is 0.306 e. The molecule has 0 fully saturated rings. The first-order chi connectivity index (χ1) is 20.5. The molecule has 42 heavy (non-hydrogen) atoms. The Labute approximate surface area is 248 Å². The number of fused-ring (bicyclic) bond motifs is 2. The van der Waals surface area contributed by atoms with Gasteiger partial charge in [0.25, 0.3) is 0 Å². The number of benzene rings is 3. The van der Waals surface area contributed by atoms with Crippen LogP contribution in [0.3, 0.4) is 0 Å². The van der Waals surface area contributed by atoms with E-state index in [1.165, 1.54) is 0 Å². The van der Waals surface area contributed by atoms with Crippen LogP contribution in [0, 0.1) is 0 Å². The molecule has 2 unspecified atom stereocenters. The molecule has 226 valence electrons. The van der Waals surface area contributed by atoms with Crippen molar-refractivity contribution in [1.82, 2.24) is 0 Å². The molecule has 0 N–H and O–H groups in total. The van der Waals surface area contributed by atoms with Gasteiger partial charge in [0.1, 0.15) is 24.7 Å². The molecular weight excluding hydrogens is 536 g/mol. The van der Waals surface area contributed by atoms with E-state index in [1.807, 2.05) is 62.4 Å². The van der Waals surface area contributed by atoms with Gasteiger partial charge in [0.05, 0.1) is 26.4 Å². The lowest BCUT2D eigenvalue weighted by atomic mass is 10.0. The summed E-state index contributed by atoms with van der Waals surface area (Å²) < 4.78 is 35.3. The molecule has 3 aromatic carbocycles. The first-order valence-electron chi connectivity index (χ1n) is 14.5. The van der Waals surface area contributed by atoms with Crippen molar-refractivity contribution < 1.29 is 38.0 Å². The number of carbonyl (C=O) groups excluding carboxylic acids is 2. The Bertz CT molecular complexity index is 1160. The highest BCUT2D eigenvalue weighted by atomic mass is 16.6. The van der Waals surface area contributed by atoms with E-state index >= 15 is 0 Å². The minimum Gasteiger partial charge on any atom is -0.488 e. The summed E-state index contributed by atoms with van der Waals surface area (Å²) in [4.78, 5) is 24.5. The predicted molar refractivity (Wildman–Crippen MR) is 164 cm³/mol. The molecule has 0 bridgehead atoms. The second kappa shape index (κ2) is 17.8. The molecule has 0 aromatic heterocycles. The van der Waals surface area contributed by atoms with Gasteiger partial charge in [-0.15, -0.1) is 13.2 Å². The number of ether oxygens (including phenoxy) is 6. The maximum atomic E-state index is 12.3. The largest absolute Gasteiger partial charge is 0.488 e. The summed E-state index contributed by atoms with van der Waals surface area (Å²) in [5, 5.41) is 3.33. The Morgan fingerprint density at radius 2 is 1.00 bits per heavy atom. The summed E-state index contributed by atoms with van der Waals surface area (Å²) in [7, 11) is 0. The molecule has 0 aliphatic carbocycles. The fraction of sp³-hybridized carbons (Fsp3) is 0.412. The standard InChI is InChI=1S/C34H42O8/c1-5-13-31(35)41-25(21-37-19-7-3)23-39-33-27-15-9-11-17-29(27)34(30-18-12-10-16-28(30)33)40-24-26(22-38-20-8-4)42-32(36)14-6-2/h7-12,15-18,25-26H,3-6,13-14,19-24H2,1-2H3. The van der Waals surface area contributed by atoms with E-state index < -0.39 is 12.2 Å². The number of rotatable bonds is 20. The molecule has 0 aliphatic heterocycles. The minimum absolute atomic E-state index is 0.108. The van der Waals surface area contributed by atoms with Gasteiger partial charge in [-0.1, -0.05) is 74.5 Å². The van der Waals surface area contributed by atoms with Gasteiger partial charge in [-0.05, 0) is 12.8 Å². The molecule has 0 radical (unpaired) electrons. The van der Waals surface area contributed by atoms with Crippen molar-refractivity contribution in [1.29, 1.82) is 0 Å². The molecule has 3 aromatic rings. The lowest BCUT2D eigenvalue weighted by Crippen LogP contribution is -2.30. The number of hydrogen-bond acceptors (Lipinski definition) is 8. The molecule has 3 rings (SSSR count). The fourth-order valence-corrected chi connectivity index (χ4v) is 4.41. The lowest BCUT2D eigenvalue weighted by molar-refractivity contribution is -0.154. The molecule has 0 saturated heterocycles. The van der Waals surface area contributed by atoms with Gasteiger partial charge in [-0.2, -0.15) is 0 Å². The predicted octanol–water partition coefficient (Wildman–Crippen LogP) is 6.58. The van der Waals surface area contributed by atoms with Crippen molar-refractivity contribution >= 4 is 33.5 Å². The second-order valence-corrected chi connectivity index (χ2v) is 9.75. The first-order valence-corrected chi connectivity index (χ1v) is 14.5. The number of carbonyl (C=O) groups is 2.